The number of nitrogens with one attached hydrogen (secondary N) is 1. The molecule has 1 atom stereocenters. The molecule has 0 aromatic heterocycles. The third-order valence-electron chi connectivity index (χ3n) is 3.39. The first-order chi connectivity index (χ1) is 11.5. The van der Waals surface area contributed by atoms with Gasteiger partial charge in [-0.2, -0.15) is 0 Å². The van der Waals surface area contributed by atoms with Gasteiger partial charge in [0.2, 0.25) is 10.0 Å². The van der Waals surface area contributed by atoms with Crippen molar-refractivity contribution in [2.75, 3.05) is 19.8 Å². The Hall–Kier alpha value is -1.33. The minimum Gasteiger partial charge on any atom is -0.389 e. The van der Waals surface area contributed by atoms with Gasteiger partial charge in [-0.3, -0.25) is 10.1 Å². The summed E-state index contributed by atoms with van der Waals surface area (Å²) in [5.41, 5.74) is -0.507. The Morgan fingerprint density at radius 2 is 1.96 bits per heavy atom. The maximum absolute atomic E-state index is 12.2. The summed E-state index contributed by atoms with van der Waals surface area (Å²) in [7, 11) is -5.20. The highest BCUT2D eigenvalue weighted by Crippen LogP contribution is 2.22. The quantitative estimate of drug-likeness (QED) is 0.258. The van der Waals surface area contributed by atoms with E-state index in [2.05, 4.69) is 24.4 Å². The van der Waals surface area contributed by atoms with Gasteiger partial charge in [0.15, 0.2) is 4.90 Å². The number of nitrogens with zero attached hydrogens (tertiary/aromatic N) is 1. The number of sulfonamides is 1. The lowest BCUT2D eigenvalue weighted by Crippen LogP contribution is -2.35. The molecule has 0 spiro atoms. The van der Waals surface area contributed by atoms with Crippen molar-refractivity contribution in [1.82, 2.24) is 4.72 Å². The largest absolute Gasteiger partial charge is 0.389 e. The van der Waals surface area contributed by atoms with Gasteiger partial charge in [0.1, 0.15) is 0 Å². The van der Waals surface area contributed by atoms with Crippen LogP contribution in [0.5, 0.6) is 0 Å². The van der Waals surface area contributed by atoms with Crippen molar-refractivity contribution in [3.63, 3.8) is 0 Å². The Balaban J connectivity index is 2.47. The van der Waals surface area contributed by atoms with Crippen molar-refractivity contribution in [2.45, 2.75) is 43.1 Å². The molecule has 0 aliphatic rings. The van der Waals surface area contributed by atoms with Crippen LogP contribution in [0.1, 0.15) is 6.42 Å². The lowest BCUT2D eigenvalue weighted by Gasteiger charge is -2.16. The van der Waals surface area contributed by atoms with E-state index in [0.29, 0.717) is 6.61 Å². The first kappa shape index (κ1) is 21.7. The van der Waals surface area contributed by atoms with Crippen LogP contribution in [0.2, 0.25) is 25.7 Å². The molecule has 0 amide bonds. The van der Waals surface area contributed by atoms with Gasteiger partial charge in [0, 0.05) is 27.3 Å². The smallest absolute Gasteiger partial charge is 0.289 e. The highest BCUT2D eigenvalue weighted by molar-refractivity contribution is 7.89. The van der Waals surface area contributed by atoms with Crippen molar-refractivity contribution in [1.29, 1.82) is 0 Å². The summed E-state index contributed by atoms with van der Waals surface area (Å²) in [6.07, 6.45) is -0.117. The van der Waals surface area contributed by atoms with E-state index in [-0.39, 0.29) is 13.2 Å². The van der Waals surface area contributed by atoms with Crippen LogP contribution in [0.3, 0.4) is 0 Å². The number of aliphatic hydroxyl groups excluding tert-OH is 1. The molecule has 10 heteroatoms. The van der Waals surface area contributed by atoms with Gasteiger partial charge < -0.3 is 9.84 Å². The number of nitro groups is 1. The number of rotatable bonds is 11. The van der Waals surface area contributed by atoms with Gasteiger partial charge >= 0.3 is 0 Å². The molecule has 0 fully saturated rings. The summed E-state index contributed by atoms with van der Waals surface area (Å²) >= 11 is 0. The van der Waals surface area contributed by atoms with E-state index in [1.807, 2.05) is 0 Å². The van der Waals surface area contributed by atoms with Gasteiger partial charge in [0.05, 0.1) is 17.6 Å². The zero-order chi connectivity index (χ0) is 19.1. The van der Waals surface area contributed by atoms with Crippen LogP contribution in [0.25, 0.3) is 0 Å². The molecule has 1 rings (SSSR count). The lowest BCUT2D eigenvalue weighted by atomic mass is 10.3. The second-order valence-electron chi connectivity index (χ2n) is 6.97. The zero-order valence-electron chi connectivity index (χ0n) is 14.8. The second-order valence-corrected chi connectivity index (χ2v) is 14.3. The molecule has 1 aromatic carbocycles. The molecule has 8 nitrogen and oxygen atoms in total. The van der Waals surface area contributed by atoms with E-state index >= 15 is 0 Å². The predicted molar refractivity (Wildman–Crippen MR) is 97.9 cm³/mol. The Bertz CT molecular complexity index is 675. The summed E-state index contributed by atoms with van der Waals surface area (Å²) in [4.78, 5) is 9.74. The minimum atomic E-state index is -4.09. The van der Waals surface area contributed by atoms with Crippen molar-refractivity contribution in [2.24, 2.45) is 0 Å². The summed E-state index contributed by atoms with van der Waals surface area (Å²) < 4.78 is 31.9. The van der Waals surface area contributed by atoms with Crippen LogP contribution in [0, 0.1) is 10.1 Å². The zero-order valence-corrected chi connectivity index (χ0v) is 16.6. The van der Waals surface area contributed by atoms with Crippen molar-refractivity contribution >= 4 is 23.8 Å². The number of para-hydroxylation sites is 1. The van der Waals surface area contributed by atoms with E-state index in [1.54, 1.807) is 0 Å². The minimum absolute atomic E-state index is 0.00506. The van der Waals surface area contributed by atoms with Gasteiger partial charge in [-0.15, -0.1) is 0 Å². The Kier molecular flexibility index (Phi) is 8.15. The predicted octanol–water partition coefficient (Wildman–Crippen LogP) is 1.98. The first-order valence-corrected chi connectivity index (χ1v) is 13.2. The SMILES string of the molecule is C[Si](C)(C)CCCOCC(O)CNS(=O)(=O)c1ccccc1[N+](=O)[O-]. The molecule has 1 unspecified atom stereocenters. The fraction of sp³-hybridized carbons (Fsp3) is 0.600. The normalized spacial score (nSPS) is 13.6. The standard InChI is InChI=1S/C15H26N2O6SSi/c1-25(2,3)10-6-9-23-12-13(18)11-16-24(21,22)15-8-5-4-7-14(15)17(19)20/h4-5,7-8,13,16,18H,6,9-12H2,1-3H3. The van der Waals surface area contributed by atoms with Crippen LogP contribution in [0.4, 0.5) is 5.69 Å². The molecular formula is C15H26N2O6SSi. The molecule has 0 aliphatic heterocycles. The fourth-order valence-electron chi connectivity index (χ4n) is 2.10. The van der Waals surface area contributed by atoms with Crippen LogP contribution in [0.15, 0.2) is 29.2 Å². The van der Waals surface area contributed by atoms with E-state index in [9.17, 15) is 23.6 Å². The molecule has 2 N–H and O–H groups in total. The van der Waals surface area contributed by atoms with E-state index in [0.717, 1.165) is 24.6 Å². The number of ether oxygens (including phenoxy) is 1. The molecule has 0 aliphatic carbocycles. The number of benzene rings is 1. The van der Waals surface area contributed by atoms with Gasteiger partial charge in [-0.05, 0) is 12.5 Å². The van der Waals surface area contributed by atoms with Crippen molar-refractivity contribution in [3.8, 4) is 0 Å². The van der Waals surface area contributed by atoms with Gasteiger partial charge in [0.25, 0.3) is 5.69 Å². The Morgan fingerprint density at radius 1 is 1.32 bits per heavy atom. The Morgan fingerprint density at radius 3 is 2.56 bits per heavy atom. The molecule has 0 bridgehead atoms. The number of nitro benzene ring substituents is 1. The monoisotopic (exact) mass is 390 g/mol. The van der Waals surface area contributed by atoms with Crippen LogP contribution >= 0.6 is 0 Å². The highest BCUT2D eigenvalue weighted by Gasteiger charge is 2.25. The van der Waals surface area contributed by atoms with Crippen molar-refractivity contribution in [3.05, 3.63) is 34.4 Å². The average Bonchev–Trinajstić information content (AvgIpc) is 2.51. The summed E-state index contributed by atoms with van der Waals surface area (Å²) in [6, 6.07) is 6.18. The third-order valence-corrected chi connectivity index (χ3v) is 6.71. The van der Waals surface area contributed by atoms with Gasteiger partial charge in [-0.25, -0.2) is 13.1 Å². The molecule has 1 aromatic rings. The van der Waals surface area contributed by atoms with Crippen LogP contribution in [-0.2, 0) is 14.8 Å². The lowest BCUT2D eigenvalue weighted by molar-refractivity contribution is -0.387. The highest BCUT2D eigenvalue weighted by atomic mass is 32.2. The number of hydrogen-bond acceptors (Lipinski definition) is 6. The molecule has 0 saturated carbocycles. The average molecular weight is 391 g/mol. The van der Waals surface area contributed by atoms with Gasteiger partial charge in [-0.1, -0.05) is 37.8 Å². The molecule has 142 valence electrons. The molecule has 0 radical (unpaired) electrons. The molecule has 0 saturated heterocycles. The second kappa shape index (κ2) is 9.39. The van der Waals surface area contributed by atoms with E-state index < -0.39 is 39.7 Å². The number of aliphatic hydroxyl groups is 1. The topological polar surface area (TPSA) is 119 Å². The van der Waals surface area contributed by atoms with Crippen molar-refractivity contribution < 1.29 is 23.2 Å². The summed E-state index contributed by atoms with van der Waals surface area (Å²) in [5.74, 6) is 0. The summed E-state index contributed by atoms with van der Waals surface area (Å²) in [5, 5.41) is 20.7. The molecular weight excluding hydrogens is 364 g/mol. The van der Waals surface area contributed by atoms with Crippen LogP contribution < -0.4 is 4.72 Å². The summed E-state index contributed by atoms with van der Waals surface area (Å²) in [6.45, 7) is 7.03. The van der Waals surface area contributed by atoms with E-state index in [4.69, 9.17) is 4.74 Å². The third kappa shape index (κ3) is 8.06. The maximum Gasteiger partial charge on any atom is 0.289 e. The van der Waals surface area contributed by atoms with E-state index in [1.165, 1.54) is 12.1 Å². The molecule has 0 heterocycles. The molecule has 25 heavy (non-hydrogen) atoms. The number of hydrogen-bond donors (Lipinski definition) is 2. The van der Waals surface area contributed by atoms with Crippen LogP contribution in [-0.4, -0.2) is 52.4 Å². The first-order valence-electron chi connectivity index (χ1n) is 8.02. The Labute approximate surface area is 149 Å². The fourth-order valence-corrected chi connectivity index (χ4v) is 4.55. The maximum atomic E-state index is 12.2.